The first kappa shape index (κ1) is 13.9. The van der Waals surface area contributed by atoms with Crippen LogP contribution < -0.4 is 0 Å². The van der Waals surface area contributed by atoms with Crippen LogP contribution in [0.25, 0.3) is 0 Å². The molecule has 2 unspecified atom stereocenters. The van der Waals surface area contributed by atoms with Crippen LogP contribution in [0.2, 0.25) is 0 Å². The molecule has 0 aromatic rings. The minimum atomic E-state index is -0.280. The maximum absolute atomic E-state index is 9.81. The monoisotopic (exact) mass is 233 g/mol. The fourth-order valence-electron chi connectivity index (χ4n) is 1.95. The highest BCUT2D eigenvalue weighted by Gasteiger charge is 2.25. The predicted octanol–water partition coefficient (Wildman–Crippen LogP) is -0.675. The van der Waals surface area contributed by atoms with Crippen LogP contribution >= 0.6 is 0 Å². The second-order valence-corrected chi connectivity index (χ2v) is 4.21. The van der Waals surface area contributed by atoms with Crippen molar-refractivity contribution in [3.8, 4) is 0 Å². The third-order valence-corrected chi connectivity index (χ3v) is 2.95. The third kappa shape index (κ3) is 4.76. The van der Waals surface area contributed by atoms with Crippen molar-refractivity contribution < 1.29 is 19.7 Å². The highest BCUT2D eigenvalue weighted by atomic mass is 16.5. The number of aliphatic hydroxyl groups is 2. The number of ether oxygens (including phenoxy) is 2. The molecule has 2 N–H and O–H groups in total. The highest BCUT2D eigenvalue weighted by Crippen LogP contribution is 2.15. The van der Waals surface area contributed by atoms with Gasteiger partial charge in [-0.15, -0.1) is 0 Å². The van der Waals surface area contributed by atoms with Crippen LogP contribution in [0.5, 0.6) is 0 Å². The van der Waals surface area contributed by atoms with Crippen molar-refractivity contribution in [1.82, 2.24) is 4.90 Å². The summed E-state index contributed by atoms with van der Waals surface area (Å²) in [4.78, 5) is 2.10. The molecular weight excluding hydrogens is 210 g/mol. The summed E-state index contributed by atoms with van der Waals surface area (Å²) in [5, 5.41) is 18.8. The molecule has 0 radical (unpaired) electrons. The Hall–Kier alpha value is -0.200. The van der Waals surface area contributed by atoms with Crippen molar-refractivity contribution in [2.24, 2.45) is 5.92 Å². The molecule has 1 rings (SSSR count). The fourth-order valence-corrected chi connectivity index (χ4v) is 1.95. The van der Waals surface area contributed by atoms with Crippen LogP contribution in [-0.4, -0.2) is 74.4 Å². The fraction of sp³-hybridized carbons (Fsp3) is 1.00. The lowest BCUT2D eigenvalue weighted by Gasteiger charge is -2.32. The topological polar surface area (TPSA) is 62.2 Å². The van der Waals surface area contributed by atoms with Crippen molar-refractivity contribution in [2.75, 3.05) is 53.2 Å². The molecule has 0 spiro atoms. The summed E-state index contributed by atoms with van der Waals surface area (Å²) in [7, 11) is 1.66. The average Bonchev–Trinajstić information content (AvgIpc) is 2.29. The van der Waals surface area contributed by atoms with E-state index in [1.54, 1.807) is 7.11 Å². The average molecular weight is 233 g/mol. The number of hydrogen-bond donors (Lipinski definition) is 2. The van der Waals surface area contributed by atoms with E-state index >= 15 is 0 Å². The smallest absolute Gasteiger partial charge is 0.0624 e. The Morgan fingerprint density at radius 2 is 2.25 bits per heavy atom. The van der Waals surface area contributed by atoms with Gasteiger partial charge in [0.1, 0.15) is 0 Å². The summed E-state index contributed by atoms with van der Waals surface area (Å²) in [6.45, 7) is 4.18. The standard InChI is InChI=1S/C11H23NO4/c1-15-7-4-12(3-5-13)8-10-9-16-6-2-11(10)14/h10-11,13-14H,2-9H2,1H3. The predicted molar refractivity (Wildman–Crippen MR) is 60.3 cm³/mol. The van der Waals surface area contributed by atoms with E-state index in [0.29, 0.717) is 32.8 Å². The molecule has 0 amide bonds. The van der Waals surface area contributed by atoms with Crippen molar-refractivity contribution in [3.05, 3.63) is 0 Å². The second kappa shape index (κ2) is 7.97. The minimum Gasteiger partial charge on any atom is -0.395 e. The molecule has 0 aliphatic carbocycles. The summed E-state index contributed by atoms with van der Waals surface area (Å²) in [5.41, 5.74) is 0. The van der Waals surface area contributed by atoms with Gasteiger partial charge < -0.3 is 19.7 Å². The Morgan fingerprint density at radius 1 is 1.44 bits per heavy atom. The Labute approximate surface area is 97.0 Å². The SMILES string of the molecule is COCCN(CCO)CC1COCCC1O. The third-order valence-electron chi connectivity index (χ3n) is 2.95. The maximum atomic E-state index is 9.81. The lowest BCUT2D eigenvalue weighted by Crippen LogP contribution is -2.42. The van der Waals surface area contributed by atoms with Crippen molar-refractivity contribution >= 4 is 0 Å². The van der Waals surface area contributed by atoms with Gasteiger partial charge in [-0.1, -0.05) is 0 Å². The first-order valence-electron chi connectivity index (χ1n) is 5.86. The Balaban J connectivity index is 2.33. The van der Waals surface area contributed by atoms with E-state index in [9.17, 15) is 5.11 Å². The Kier molecular flexibility index (Phi) is 6.91. The van der Waals surface area contributed by atoms with E-state index in [4.69, 9.17) is 14.6 Å². The molecule has 2 atom stereocenters. The molecule has 1 fully saturated rings. The van der Waals surface area contributed by atoms with Crippen LogP contribution in [0.3, 0.4) is 0 Å². The van der Waals surface area contributed by atoms with Crippen molar-refractivity contribution in [2.45, 2.75) is 12.5 Å². The number of methoxy groups -OCH3 is 1. The summed E-state index contributed by atoms with van der Waals surface area (Å²) in [6, 6.07) is 0. The molecule has 0 aromatic carbocycles. The van der Waals surface area contributed by atoms with Crippen LogP contribution in [0.15, 0.2) is 0 Å². The zero-order valence-electron chi connectivity index (χ0n) is 9.97. The molecular formula is C11H23NO4. The van der Waals surface area contributed by atoms with Crippen LogP contribution in [0, 0.1) is 5.92 Å². The molecule has 5 nitrogen and oxygen atoms in total. The molecule has 0 saturated carbocycles. The number of nitrogens with zero attached hydrogens (tertiary/aromatic N) is 1. The van der Waals surface area contributed by atoms with Gasteiger partial charge in [-0.25, -0.2) is 0 Å². The van der Waals surface area contributed by atoms with Gasteiger partial charge in [-0.3, -0.25) is 4.90 Å². The number of hydrogen-bond acceptors (Lipinski definition) is 5. The van der Waals surface area contributed by atoms with Gasteiger partial charge in [0.2, 0.25) is 0 Å². The van der Waals surface area contributed by atoms with Gasteiger partial charge in [0.25, 0.3) is 0 Å². The first-order valence-corrected chi connectivity index (χ1v) is 5.86. The Bertz CT molecular complexity index is 179. The van der Waals surface area contributed by atoms with E-state index in [2.05, 4.69) is 4.90 Å². The molecule has 0 bridgehead atoms. The molecule has 0 aromatic heterocycles. The van der Waals surface area contributed by atoms with E-state index in [1.807, 2.05) is 0 Å². The first-order chi connectivity index (χ1) is 7.77. The van der Waals surface area contributed by atoms with Gasteiger partial charge >= 0.3 is 0 Å². The largest absolute Gasteiger partial charge is 0.395 e. The summed E-state index contributed by atoms with van der Waals surface area (Å²) in [5.74, 6) is 0.150. The van der Waals surface area contributed by atoms with Gasteiger partial charge in [0.15, 0.2) is 0 Å². The van der Waals surface area contributed by atoms with Gasteiger partial charge in [0, 0.05) is 39.3 Å². The number of aliphatic hydroxyl groups excluding tert-OH is 2. The van der Waals surface area contributed by atoms with Crippen molar-refractivity contribution in [1.29, 1.82) is 0 Å². The maximum Gasteiger partial charge on any atom is 0.0624 e. The van der Waals surface area contributed by atoms with Gasteiger partial charge in [-0.05, 0) is 6.42 Å². The van der Waals surface area contributed by atoms with Gasteiger partial charge in [0.05, 0.1) is 25.9 Å². The van der Waals surface area contributed by atoms with E-state index in [-0.39, 0.29) is 18.6 Å². The zero-order chi connectivity index (χ0) is 11.8. The minimum absolute atomic E-state index is 0.132. The quantitative estimate of drug-likeness (QED) is 0.610. The normalized spacial score (nSPS) is 26.2. The van der Waals surface area contributed by atoms with Crippen LogP contribution in [0.1, 0.15) is 6.42 Å². The van der Waals surface area contributed by atoms with Crippen LogP contribution in [0.4, 0.5) is 0 Å². The van der Waals surface area contributed by atoms with Gasteiger partial charge in [-0.2, -0.15) is 0 Å². The summed E-state index contributed by atoms with van der Waals surface area (Å²) >= 11 is 0. The summed E-state index contributed by atoms with van der Waals surface area (Å²) < 4.78 is 10.4. The highest BCUT2D eigenvalue weighted by molar-refractivity contribution is 4.76. The van der Waals surface area contributed by atoms with Crippen LogP contribution in [-0.2, 0) is 9.47 Å². The molecule has 1 aliphatic heterocycles. The molecule has 1 aliphatic rings. The Morgan fingerprint density at radius 3 is 2.88 bits per heavy atom. The van der Waals surface area contributed by atoms with E-state index in [0.717, 1.165) is 13.1 Å². The van der Waals surface area contributed by atoms with E-state index < -0.39 is 0 Å². The second-order valence-electron chi connectivity index (χ2n) is 4.21. The van der Waals surface area contributed by atoms with Crippen molar-refractivity contribution in [3.63, 3.8) is 0 Å². The molecule has 1 heterocycles. The molecule has 96 valence electrons. The molecule has 5 heteroatoms. The lowest BCUT2D eigenvalue weighted by molar-refractivity contribution is -0.0490. The lowest BCUT2D eigenvalue weighted by atomic mass is 9.98. The zero-order valence-corrected chi connectivity index (χ0v) is 9.97. The summed E-state index contributed by atoms with van der Waals surface area (Å²) in [6.07, 6.45) is 0.430. The molecule has 1 saturated heterocycles. The molecule has 16 heavy (non-hydrogen) atoms. The van der Waals surface area contributed by atoms with E-state index in [1.165, 1.54) is 0 Å². The number of rotatable bonds is 7.